The summed E-state index contributed by atoms with van der Waals surface area (Å²) in [5.74, 6) is 0.747. The number of rotatable bonds is 8. The number of hydrogen-bond acceptors (Lipinski definition) is 3. The number of nitrogens with one attached hydrogen (secondary N) is 2. The highest BCUT2D eigenvalue weighted by molar-refractivity contribution is 5.83. The van der Waals surface area contributed by atoms with Crippen LogP contribution in [-0.4, -0.2) is 49.4 Å². The molecule has 0 radical (unpaired) electrons. The van der Waals surface area contributed by atoms with Gasteiger partial charge in [0.1, 0.15) is 0 Å². The lowest BCUT2D eigenvalue weighted by molar-refractivity contribution is -0.133. The summed E-state index contributed by atoms with van der Waals surface area (Å²) in [6.45, 7) is 8.26. The molecule has 1 unspecified atom stereocenters. The van der Waals surface area contributed by atoms with Crippen molar-refractivity contribution in [3.8, 4) is 0 Å². The maximum Gasteiger partial charge on any atom is 0.223 e. The van der Waals surface area contributed by atoms with Gasteiger partial charge in [0.05, 0.1) is 0 Å². The Labute approximate surface area is 122 Å². The number of carbonyl (C=O) groups is 2. The molecule has 0 aromatic heterocycles. The third-order valence-corrected chi connectivity index (χ3v) is 3.96. The molecule has 1 aliphatic heterocycles. The van der Waals surface area contributed by atoms with Crippen LogP contribution < -0.4 is 10.6 Å². The Morgan fingerprint density at radius 3 is 2.60 bits per heavy atom. The van der Waals surface area contributed by atoms with E-state index in [2.05, 4.69) is 10.6 Å². The monoisotopic (exact) mass is 283 g/mol. The van der Waals surface area contributed by atoms with Crippen molar-refractivity contribution in [2.24, 2.45) is 5.92 Å². The summed E-state index contributed by atoms with van der Waals surface area (Å²) in [7, 11) is 0. The fraction of sp³-hybridized carbons (Fsp3) is 0.867. The minimum atomic E-state index is -0.00530. The number of carbonyl (C=O) groups excluding carboxylic acids is 2. The Bertz CT molecular complexity index is 297. The van der Waals surface area contributed by atoms with Crippen LogP contribution in [0.25, 0.3) is 0 Å². The second-order valence-electron chi connectivity index (χ2n) is 5.42. The van der Waals surface area contributed by atoms with E-state index in [-0.39, 0.29) is 11.8 Å². The van der Waals surface area contributed by atoms with Gasteiger partial charge in [-0.05, 0) is 52.1 Å². The van der Waals surface area contributed by atoms with Crippen molar-refractivity contribution in [3.05, 3.63) is 0 Å². The second-order valence-corrected chi connectivity index (χ2v) is 5.42. The quantitative estimate of drug-likeness (QED) is 0.702. The van der Waals surface area contributed by atoms with Crippen LogP contribution in [0.4, 0.5) is 0 Å². The van der Waals surface area contributed by atoms with Gasteiger partial charge in [-0.3, -0.25) is 9.59 Å². The molecule has 1 atom stereocenters. The van der Waals surface area contributed by atoms with Gasteiger partial charge in [0, 0.05) is 32.5 Å². The molecule has 0 saturated carbocycles. The van der Waals surface area contributed by atoms with Crippen LogP contribution in [0.3, 0.4) is 0 Å². The smallest absolute Gasteiger partial charge is 0.223 e. The SMILES string of the molecule is CCN(CC)C(=O)CCC(=O)NCCC1CCCNC1. The van der Waals surface area contributed by atoms with Crippen molar-refractivity contribution in [1.82, 2.24) is 15.5 Å². The number of hydrogen-bond donors (Lipinski definition) is 2. The molecule has 2 amide bonds. The minimum absolute atomic E-state index is 0.00530. The van der Waals surface area contributed by atoms with Crippen molar-refractivity contribution >= 4 is 11.8 Å². The number of piperidine rings is 1. The maximum atomic E-state index is 11.8. The fourth-order valence-corrected chi connectivity index (χ4v) is 2.63. The lowest BCUT2D eigenvalue weighted by Crippen LogP contribution is -2.34. The van der Waals surface area contributed by atoms with E-state index in [1.165, 1.54) is 12.8 Å². The molecular weight excluding hydrogens is 254 g/mol. The molecule has 20 heavy (non-hydrogen) atoms. The molecule has 0 aliphatic carbocycles. The van der Waals surface area contributed by atoms with Crippen LogP contribution >= 0.6 is 0 Å². The van der Waals surface area contributed by atoms with Crippen LogP contribution in [0.2, 0.25) is 0 Å². The highest BCUT2D eigenvalue weighted by atomic mass is 16.2. The van der Waals surface area contributed by atoms with E-state index < -0.39 is 0 Å². The predicted octanol–water partition coefficient (Wildman–Crippen LogP) is 1.14. The third-order valence-electron chi connectivity index (χ3n) is 3.96. The molecule has 5 heteroatoms. The Morgan fingerprint density at radius 2 is 2.00 bits per heavy atom. The summed E-state index contributed by atoms with van der Waals surface area (Å²) in [5, 5.41) is 6.30. The first kappa shape index (κ1) is 17.0. The zero-order chi connectivity index (χ0) is 14.8. The van der Waals surface area contributed by atoms with Gasteiger partial charge in [-0.2, -0.15) is 0 Å². The van der Waals surface area contributed by atoms with Crippen molar-refractivity contribution < 1.29 is 9.59 Å². The summed E-state index contributed by atoms with van der Waals surface area (Å²) >= 11 is 0. The summed E-state index contributed by atoms with van der Waals surface area (Å²) in [6, 6.07) is 0. The van der Waals surface area contributed by atoms with Gasteiger partial charge in [-0.15, -0.1) is 0 Å². The first-order valence-corrected chi connectivity index (χ1v) is 7.92. The van der Waals surface area contributed by atoms with Crippen LogP contribution in [0.15, 0.2) is 0 Å². The van der Waals surface area contributed by atoms with Crippen molar-refractivity contribution in [3.63, 3.8) is 0 Å². The van der Waals surface area contributed by atoms with Crippen LogP contribution in [0.1, 0.15) is 46.0 Å². The van der Waals surface area contributed by atoms with Crippen LogP contribution in [-0.2, 0) is 9.59 Å². The van der Waals surface area contributed by atoms with E-state index in [1.807, 2.05) is 13.8 Å². The van der Waals surface area contributed by atoms with E-state index >= 15 is 0 Å². The van der Waals surface area contributed by atoms with Gasteiger partial charge < -0.3 is 15.5 Å². The van der Waals surface area contributed by atoms with Gasteiger partial charge in [0.15, 0.2) is 0 Å². The fourth-order valence-electron chi connectivity index (χ4n) is 2.63. The minimum Gasteiger partial charge on any atom is -0.356 e. The molecule has 2 N–H and O–H groups in total. The summed E-state index contributed by atoms with van der Waals surface area (Å²) in [6.07, 6.45) is 4.14. The molecule has 0 aromatic rings. The molecule has 0 aromatic carbocycles. The van der Waals surface area contributed by atoms with Crippen molar-refractivity contribution in [2.45, 2.75) is 46.0 Å². The first-order chi connectivity index (χ1) is 9.67. The van der Waals surface area contributed by atoms with Gasteiger partial charge in [-0.1, -0.05) is 0 Å². The molecule has 116 valence electrons. The van der Waals surface area contributed by atoms with Gasteiger partial charge in [-0.25, -0.2) is 0 Å². The average molecular weight is 283 g/mol. The lowest BCUT2D eigenvalue weighted by atomic mass is 9.96. The Balaban J connectivity index is 2.09. The highest BCUT2D eigenvalue weighted by Crippen LogP contribution is 2.12. The molecule has 1 fully saturated rings. The van der Waals surface area contributed by atoms with Gasteiger partial charge in [0.2, 0.25) is 11.8 Å². The Morgan fingerprint density at radius 1 is 1.25 bits per heavy atom. The molecular formula is C15H29N3O2. The standard InChI is InChI=1S/C15H29N3O2/c1-3-18(4-2)15(20)8-7-14(19)17-11-9-13-6-5-10-16-12-13/h13,16H,3-12H2,1-2H3,(H,17,19). The molecule has 0 bridgehead atoms. The molecule has 0 spiro atoms. The van der Waals surface area contributed by atoms with E-state index in [9.17, 15) is 9.59 Å². The van der Waals surface area contributed by atoms with E-state index in [0.717, 1.165) is 26.1 Å². The average Bonchev–Trinajstić information content (AvgIpc) is 2.47. The topological polar surface area (TPSA) is 61.4 Å². The van der Waals surface area contributed by atoms with Crippen LogP contribution in [0.5, 0.6) is 0 Å². The molecule has 1 saturated heterocycles. The summed E-state index contributed by atoms with van der Waals surface area (Å²) < 4.78 is 0. The maximum absolute atomic E-state index is 11.8. The Hall–Kier alpha value is -1.10. The summed E-state index contributed by atoms with van der Waals surface area (Å²) in [4.78, 5) is 25.2. The van der Waals surface area contributed by atoms with Crippen molar-refractivity contribution in [1.29, 1.82) is 0 Å². The third kappa shape index (κ3) is 6.37. The molecule has 1 heterocycles. The number of nitrogens with zero attached hydrogens (tertiary/aromatic N) is 1. The summed E-state index contributed by atoms with van der Waals surface area (Å²) in [5.41, 5.74) is 0. The van der Waals surface area contributed by atoms with E-state index in [0.29, 0.717) is 31.8 Å². The van der Waals surface area contributed by atoms with E-state index in [1.54, 1.807) is 4.90 Å². The second kappa shape index (κ2) is 9.75. The van der Waals surface area contributed by atoms with Gasteiger partial charge in [0.25, 0.3) is 0 Å². The molecule has 5 nitrogen and oxygen atoms in total. The predicted molar refractivity (Wildman–Crippen MR) is 80.4 cm³/mol. The highest BCUT2D eigenvalue weighted by Gasteiger charge is 2.14. The molecule has 1 rings (SSSR count). The zero-order valence-corrected chi connectivity index (χ0v) is 12.9. The zero-order valence-electron chi connectivity index (χ0n) is 12.9. The normalized spacial score (nSPS) is 18.6. The van der Waals surface area contributed by atoms with Crippen LogP contribution in [0, 0.1) is 5.92 Å². The number of amides is 2. The Kier molecular flexibility index (Phi) is 8.26. The van der Waals surface area contributed by atoms with Crippen molar-refractivity contribution in [2.75, 3.05) is 32.7 Å². The first-order valence-electron chi connectivity index (χ1n) is 7.92. The van der Waals surface area contributed by atoms with E-state index in [4.69, 9.17) is 0 Å². The molecule has 1 aliphatic rings. The largest absolute Gasteiger partial charge is 0.356 e. The lowest BCUT2D eigenvalue weighted by Gasteiger charge is -2.22. The van der Waals surface area contributed by atoms with Gasteiger partial charge >= 0.3 is 0 Å².